The number of imide groups is 1. The summed E-state index contributed by atoms with van der Waals surface area (Å²) < 4.78 is 25.4. The molecule has 0 aliphatic carbocycles. The molecule has 0 N–H and O–H groups in total. The van der Waals surface area contributed by atoms with Crippen LogP contribution in [0.5, 0.6) is 11.5 Å². The van der Waals surface area contributed by atoms with E-state index in [9.17, 15) is 19.2 Å². The van der Waals surface area contributed by atoms with Crippen molar-refractivity contribution in [3.8, 4) is 17.6 Å². The van der Waals surface area contributed by atoms with Crippen molar-refractivity contribution >= 4 is 17.9 Å². The molecule has 0 atom stereocenters. The van der Waals surface area contributed by atoms with Gasteiger partial charge in [-0.15, -0.1) is 0 Å². The molecular weight excluding hydrogens is 423 g/mol. The molecule has 7 heteroatoms. The zero-order valence-electron chi connectivity index (χ0n) is 18.9. The summed E-state index contributed by atoms with van der Waals surface area (Å²) in [6.07, 6.45) is 2.22. The Morgan fingerprint density at radius 2 is 1.82 bits per heavy atom. The minimum Gasteiger partial charge on any atom is -0.490 e. The van der Waals surface area contributed by atoms with Gasteiger partial charge in [-0.25, -0.2) is 4.39 Å². The Morgan fingerprint density at radius 3 is 2.48 bits per heavy atom. The maximum Gasteiger partial charge on any atom is 0.271 e. The van der Waals surface area contributed by atoms with Crippen molar-refractivity contribution in [3.05, 3.63) is 76.1 Å². The van der Waals surface area contributed by atoms with Gasteiger partial charge >= 0.3 is 0 Å². The fourth-order valence-corrected chi connectivity index (χ4v) is 3.50. The summed E-state index contributed by atoms with van der Waals surface area (Å²) in [7, 11) is 0. The fraction of sp³-hybridized carbons (Fsp3) is 0.269. The van der Waals surface area contributed by atoms with E-state index in [-0.39, 0.29) is 30.1 Å². The maximum atomic E-state index is 13.9. The number of rotatable bonds is 8. The Labute approximate surface area is 192 Å². The van der Waals surface area contributed by atoms with E-state index in [2.05, 4.69) is 0 Å². The lowest BCUT2D eigenvalue weighted by Gasteiger charge is -2.27. The molecule has 170 valence electrons. The molecule has 2 aromatic rings. The van der Waals surface area contributed by atoms with E-state index in [0.29, 0.717) is 41.2 Å². The van der Waals surface area contributed by atoms with Crippen molar-refractivity contribution in [2.75, 3.05) is 13.2 Å². The molecule has 0 bridgehead atoms. The van der Waals surface area contributed by atoms with E-state index in [1.54, 1.807) is 49.4 Å². The van der Waals surface area contributed by atoms with Crippen LogP contribution < -0.4 is 9.47 Å². The number of nitriles is 1. The Morgan fingerprint density at radius 1 is 1.06 bits per heavy atom. The van der Waals surface area contributed by atoms with E-state index in [4.69, 9.17) is 9.47 Å². The van der Waals surface area contributed by atoms with Crippen LogP contribution in [0.15, 0.2) is 59.2 Å². The standard InChI is InChI=1S/C26H25FN2O4/c1-4-12-29-25(30)20(17(3)21(15-28)26(29)31)13-18-10-11-23(24(14-18)32-5-2)33-16-19-8-6-7-9-22(19)27/h6-11,13-14H,4-5,12,16H2,1-3H3/b20-13+. The lowest BCUT2D eigenvalue weighted by molar-refractivity contribution is -0.140. The summed E-state index contributed by atoms with van der Waals surface area (Å²) in [6, 6.07) is 13.4. The van der Waals surface area contributed by atoms with Gasteiger partial charge in [-0.2, -0.15) is 5.26 Å². The molecule has 2 aromatic carbocycles. The highest BCUT2D eigenvalue weighted by Gasteiger charge is 2.34. The number of amides is 2. The van der Waals surface area contributed by atoms with E-state index in [1.807, 2.05) is 19.9 Å². The molecule has 0 saturated heterocycles. The quantitative estimate of drug-likeness (QED) is 0.428. The zero-order valence-corrected chi connectivity index (χ0v) is 18.9. The van der Waals surface area contributed by atoms with Gasteiger partial charge in [0.1, 0.15) is 24.1 Å². The van der Waals surface area contributed by atoms with Crippen LogP contribution in [0.25, 0.3) is 6.08 Å². The van der Waals surface area contributed by atoms with Crippen molar-refractivity contribution < 1.29 is 23.5 Å². The van der Waals surface area contributed by atoms with Gasteiger partial charge in [-0.3, -0.25) is 14.5 Å². The average Bonchev–Trinajstić information content (AvgIpc) is 2.80. The van der Waals surface area contributed by atoms with Crippen molar-refractivity contribution in [1.82, 2.24) is 4.90 Å². The highest BCUT2D eigenvalue weighted by molar-refractivity contribution is 6.19. The molecule has 33 heavy (non-hydrogen) atoms. The van der Waals surface area contributed by atoms with Crippen LogP contribution in [-0.2, 0) is 16.2 Å². The number of carbonyl (C=O) groups is 2. The lowest BCUT2D eigenvalue weighted by Crippen LogP contribution is -2.43. The summed E-state index contributed by atoms with van der Waals surface area (Å²) in [5, 5.41) is 9.45. The van der Waals surface area contributed by atoms with Crippen LogP contribution in [0.3, 0.4) is 0 Å². The number of hydrogen-bond donors (Lipinski definition) is 0. The van der Waals surface area contributed by atoms with Gasteiger partial charge in [0.2, 0.25) is 0 Å². The van der Waals surface area contributed by atoms with E-state index in [0.717, 1.165) is 4.90 Å². The monoisotopic (exact) mass is 448 g/mol. The normalized spacial score (nSPS) is 15.1. The third kappa shape index (κ3) is 5.12. The SMILES string of the molecule is CCCN1C(=O)C(C#N)=C(C)/C(=C\c2ccc(OCc3ccccc3F)c(OCC)c2)C1=O. The third-order valence-corrected chi connectivity index (χ3v) is 5.19. The average molecular weight is 448 g/mol. The molecule has 6 nitrogen and oxygen atoms in total. The Kier molecular flexibility index (Phi) is 7.62. The minimum atomic E-state index is -0.564. The maximum absolute atomic E-state index is 13.9. The van der Waals surface area contributed by atoms with Gasteiger partial charge in [0.05, 0.1) is 6.61 Å². The first-order chi connectivity index (χ1) is 15.9. The molecule has 0 radical (unpaired) electrons. The van der Waals surface area contributed by atoms with Crippen LogP contribution in [0.2, 0.25) is 0 Å². The molecule has 1 aliphatic rings. The van der Waals surface area contributed by atoms with Crippen LogP contribution in [0, 0.1) is 17.1 Å². The largest absolute Gasteiger partial charge is 0.490 e. The van der Waals surface area contributed by atoms with Gasteiger partial charge in [-0.1, -0.05) is 31.2 Å². The number of halogens is 1. The Hall–Kier alpha value is -3.92. The summed E-state index contributed by atoms with van der Waals surface area (Å²) in [4.78, 5) is 26.6. The number of hydrogen-bond acceptors (Lipinski definition) is 5. The molecule has 3 rings (SSSR count). The van der Waals surface area contributed by atoms with Crippen molar-refractivity contribution in [1.29, 1.82) is 5.26 Å². The summed E-state index contributed by atoms with van der Waals surface area (Å²) >= 11 is 0. The van der Waals surface area contributed by atoms with Crippen LogP contribution in [0.4, 0.5) is 4.39 Å². The second-order valence-electron chi connectivity index (χ2n) is 7.45. The van der Waals surface area contributed by atoms with E-state index in [1.165, 1.54) is 6.07 Å². The first-order valence-electron chi connectivity index (χ1n) is 10.7. The predicted octanol–water partition coefficient (Wildman–Crippen LogP) is 4.81. The number of ether oxygens (including phenoxy) is 2. The molecule has 0 unspecified atom stereocenters. The smallest absolute Gasteiger partial charge is 0.271 e. The molecule has 0 spiro atoms. The van der Waals surface area contributed by atoms with E-state index >= 15 is 0 Å². The highest BCUT2D eigenvalue weighted by atomic mass is 19.1. The van der Waals surface area contributed by atoms with Crippen molar-refractivity contribution in [2.45, 2.75) is 33.8 Å². The fourth-order valence-electron chi connectivity index (χ4n) is 3.50. The lowest BCUT2D eigenvalue weighted by atomic mass is 9.93. The number of carbonyl (C=O) groups excluding carboxylic acids is 2. The summed E-state index contributed by atoms with van der Waals surface area (Å²) in [5.74, 6) is -0.475. The molecular formula is C26H25FN2O4. The Bertz CT molecular complexity index is 1180. The van der Waals surface area contributed by atoms with Gasteiger partial charge in [0.15, 0.2) is 11.5 Å². The Balaban J connectivity index is 1.95. The van der Waals surface area contributed by atoms with Crippen molar-refractivity contribution in [2.24, 2.45) is 0 Å². The summed E-state index contributed by atoms with van der Waals surface area (Å²) in [6.45, 7) is 5.93. The highest BCUT2D eigenvalue weighted by Crippen LogP contribution is 2.32. The minimum absolute atomic E-state index is 0.0349. The number of benzene rings is 2. The number of nitrogens with zero attached hydrogens (tertiary/aromatic N) is 2. The third-order valence-electron chi connectivity index (χ3n) is 5.19. The van der Waals surface area contributed by atoms with Crippen molar-refractivity contribution in [3.63, 3.8) is 0 Å². The van der Waals surface area contributed by atoms with E-state index < -0.39 is 11.8 Å². The second kappa shape index (κ2) is 10.6. The molecule has 0 fully saturated rings. The van der Waals surface area contributed by atoms with Gasteiger partial charge in [0.25, 0.3) is 11.8 Å². The van der Waals surface area contributed by atoms with Gasteiger partial charge < -0.3 is 9.47 Å². The second-order valence-corrected chi connectivity index (χ2v) is 7.45. The van der Waals surface area contributed by atoms with Crippen LogP contribution in [-0.4, -0.2) is 29.9 Å². The molecule has 1 heterocycles. The zero-order chi connectivity index (χ0) is 24.0. The first kappa shape index (κ1) is 23.7. The molecule has 0 aromatic heterocycles. The summed E-state index contributed by atoms with van der Waals surface area (Å²) in [5.41, 5.74) is 1.65. The first-order valence-corrected chi connectivity index (χ1v) is 10.7. The topological polar surface area (TPSA) is 79.6 Å². The molecule has 0 saturated carbocycles. The molecule has 2 amide bonds. The van der Waals surface area contributed by atoms with Gasteiger partial charge in [0, 0.05) is 17.7 Å². The molecule has 1 aliphatic heterocycles. The van der Waals surface area contributed by atoms with Crippen LogP contribution >= 0.6 is 0 Å². The predicted molar refractivity (Wildman–Crippen MR) is 122 cm³/mol. The van der Waals surface area contributed by atoms with Gasteiger partial charge in [-0.05, 0) is 55.7 Å². The van der Waals surface area contributed by atoms with Crippen LogP contribution in [0.1, 0.15) is 38.3 Å².